The molecule has 0 aliphatic rings. The van der Waals surface area contributed by atoms with Crippen LogP contribution in [0.25, 0.3) is 0 Å². The Labute approximate surface area is 112 Å². The highest BCUT2D eigenvalue weighted by atomic mass is 32.2. The summed E-state index contributed by atoms with van der Waals surface area (Å²) in [6.07, 6.45) is 6.00. The minimum Gasteiger partial charge on any atom is -0.740 e. The van der Waals surface area contributed by atoms with Gasteiger partial charge in [-0.15, -0.1) is 0 Å². The highest BCUT2D eigenvalue weighted by Gasteiger charge is 2.07. The smallest absolute Gasteiger partial charge is 0.139 e. The van der Waals surface area contributed by atoms with Crippen molar-refractivity contribution in [3.63, 3.8) is 0 Å². The lowest BCUT2D eigenvalue weighted by atomic mass is 9.92. The van der Waals surface area contributed by atoms with Crippen LogP contribution in [0.2, 0.25) is 0 Å². The maximum absolute atomic E-state index is 10.4. The molecule has 2 unspecified atom stereocenters. The Morgan fingerprint density at radius 3 is 2.44 bits per heavy atom. The molecule has 0 spiro atoms. The van der Waals surface area contributed by atoms with Crippen LogP contribution in [0.1, 0.15) is 45.1 Å². The Morgan fingerprint density at radius 1 is 1.28 bits per heavy atom. The summed E-state index contributed by atoms with van der Waals surface area (Å²) < 4.78 is 25.3. The third kappa shape index (κ3) is 5.65. The molecule has 0 saturated carbocycles. The van der Waals surface area contributed by atoms with E-state index in [1.54, 1.807) is 12.1 Å². The Kier molecular flexibility index (Phi) is 6.98. The van der Waals surface area contributed by atoms with E-state index in [4.69, 9.17) is 0 Å². The van der Waals surface area contributed by atoms with Gasteiger partial charge in [0, 0.05) is 0 Å². The predicted molar refractivity (Wildman–Crippen MR) is 73.0 cm³/mol. The molecule has 18 heavy (non-hydrogen) atoms. The van der Waals surface area contributed by atoms with Crippen LogP contribution < -0.4 is 4.18 Å². The van der Waals surface area contributed by atoms with Gasteiger partial charge in [-0.1, -0.05) is 51.7 Å². The molecule has 0 saturated heterocycles. The summed E-state index contributed by atoms with van der Waals surface area (Å²) in [6, 6.07) is 7.29. The molecular formula is C14H21O3S-. The molecule has 0 aliphatic carbocycles. The summed E-state index contributed by atoms with van der Waals surface area (Å²) in [4.78, 5) is 0. The van der Waals surface area contributed by atoms with Gasteiger partial charge >= 0.3 is 0 Å². The molecule has 0 radical (unpaired) electrons. The standard InChI is InChI=1S/C14H22O3S/c1-3-5-6-12(4-2)11-13-7-9-14(10-8-13)17-18(15)16/h7-10,12H,3-6,11H2,1-2H3,(H,15,16)/p-1. The first-order valence-electron chi connectivity index (χ1n) is 6.52. The van der Waals surface area contributed by atoms with E-state index in [1.807, 2.05) is 12.1 Å². The lowest BCUT2D eigenvalue weighted by molar-refractivity contribution is 0.439. The molecule has 2 atom stereocenters. The Balaban J connectivity index is 2.53. The van der Waals surface area contributed by atoms with E-state index in [0.717, 1.165) is 6.42 Å². The summed E-state index contributed by atoms with van der Waals surface area (Å²) in [5, 5.41) is 0. The van der Waals surface area contributed by atoms with Crippen molar-refractivity contribution < 1.29 is 12.9 Å². The van der Waals surface area contributed by atoms with Gasteiger partial charge in [0.25, 0.3) is 0 Å². The lowest BCUT2D eigenvalue weighted by Gasteiger charge is -2.14. The molecule has 0 amide bonds. The summed E-state index contributed by atoms with van der Waals surface area (Å²) in [6.45, 7) is 4.43. The van der Waals surface area contributed by atoms with Crippen LogP contribution in [0.15, 0.2) is 24.3 Å². The van der Waals surface area contributed by atoms with E-state index in [1.165, 1.54) is 31.2 Å². The second-order valence-corrected chi connectivity index (χ2v) is 5.13. The van der Waals surface area contributed by atoms with Gasteiger partial charge in [-0.3, -0.25) is 0 Å². The molecule has 0 fully saturated rings. The molecule has 0 bridgehead atoms. The van der Waals surface area contributed by atoms with Crippen molar-refractivity contribution >= 4 is 11.4 Å². The molecule has 1 rings (SSSR count). The van der Waals surface area contributed by atoms with Crippen LogP contribution in [0, 0.1) is 5.92 Å². The number of unbranched alkanes of at least 4 members (excludes halogenated alkanes) is 1. The molecule has 0 heterocycles. The third-order valence-electron chi connectivity index (χ3n) is 3.16. The van der Waals surface area contributed by atoms with Crippen LogP contribution in [0.3, 0.4) is 0 Å². The SMILES string of the molecule is CCCCC(CC)Cc1ccc(OS(=O)[O-])cc1. The number of hydrogen-bond donors (Lipinski definition) is 0. The maximum atomic E-state index is 10.4. The summed E-state index contributed by atoms with van der Waals surface area (Å²) in [5.74, 6) is 1.08. The van der Waals surface area contributed by atoms with Crippen molar-refractivity contribution in [3.8, 4) is 5.75 Å². The number of rotatable bonds is 8. The summed E-state index contributed by atoms with van der Waals surface area (Å²) >= 11 is -2.49. The van der Waals surface area contributed by atoms with Gasteiger partial charge < -0.3 is 8.74 Å². The van der Waals surface area contributed by atoms with E-state index in [2.05, 4.69) is 18.0 Å². The van der Waals surface area contributed by atoms with Gasteiger partial charge in [-0.05, 0) is 30.0 Å². The van der Waals surface area contributed by atoms with Crippen molar-refractivity contribution in [2.75, 3.05) is 0 Å². The van der Waals surface area contributed by atoms with E-state index in [0.29, 0.717) is 11.7 Å². The van der Waals surface area contributed by atoms with Crippen molar-refractivity contribution in [2.45, 2.75) is 46.0 Å². The van der Waals surface area contributed by atoms with Gasteiger partial charge in [0.15, 0.2) is 0 Å². The molecule has 0 aromatic heterocycles. The normalized spacial score (nSPS) is 14.2. The highest BCUT2D eigenvalue weighted by Crippen LogP contribution is 2.20. The molecule has 1 aromatic carbocycles. The first-order chi connectivity index (χ1) is 8.65. The molecule has 0 aliphatic heterocycles. The molecule has 3 nitrogen and oxygen atoms in total. The monoisotopic (exact) mass is 269 g/mol. The van der Waals surface area contributed by atoms with Crippen molar-refractivity contribution in [2.24, 2.45) is 5.92 Å². The zero-order chi connectivity index (χ0) is 13.4. The molecule has 102 valence electrons. The van der Waals surface area contributed by atoms with E-state index in [9.17, 15) is 8.76 Å². The van der Waals surface area contributed by atoms with E-state index in [-0.39, 0.29) is 0 Å². The topological polar surface area (TPSA) is 49.4 Å². The van der Waals surface area contributed by atoms with Crippen molar-refractivity contribution in [1.82, 2.24) is 0 Å². The quantitative estimate of drug-likeness (QED) is 0.677. The summed E-state index contributed by atoms with van der Waals surface area (Å²) in [7, 11) is 0. The fourth-order valence-corrected chi connectivity index (χ4v) is 2.30. The van der Waals surface area contributed by atoms with Gasteiger partial charge in [0.1, 0.15) is 17.1 Å². The Morgan fingerprint density at radius 2 is 1.94 bits per heavy atom. The minimum atomic E-state index is -2.49. The number of hydrogen-bond acceptors (Lipinski definition) is 3. The Hall–Kier alpha value is -0.870. The number of benzene rings is 1. The van der Waals surface area contributed by atoms with Crippen LogP contribution in [-0.2, 0) is 17.8 Å². The average molecular weight is 269 g/mol. The van der Waals surface area contributed by atoms with Crippen LogP contribution in [-0.4, -0.2) is 8.76 Å². The maximum Gasteiger partial charge on any atom is 0.139 e. The minimum absolute atomic E-state index is 0.369. The second-order valence-electron chi connectivity index (χ2n) is 4.55. The van der Waals surface area contributed by atoms with E-state index < -0.39 is 11.4 Å². The van der Waals surface area contributed by atoms with Gasteiger partial charge in [-0.2, -0.15) is 0 Å². The largest absolute Gasteiger partial charge is 0.740 e. The first-order valence-corrected chi connectivity index (χ1v) is 7.52. The summed E-state index contributed by atoms with van der Waals surface area (Å²) in [5.41, 5.74) is 1.24. The molecule has 0 N–H and O–H groups in total. The van der Waals surface area contributed by atoms with Crippen LogP contribution >= 0.6 is 0 Å². The highest BCUT2D eigenvalue weighted by molar-refractivity contribution is 7.74. The van der Waals surface area contributed by atoms with Crippen LogP contribution in [0.4, 0.5) is 0 Å². The molecular weight excluding hydrogens is 248 g/mol. The van der Waals surface area contributed by atoms with Crippen LogP contribution in [0.5, 0.6) is 5.75 Å². The van der Waals surface area contributed by atoms with E-state index >= 15 is 0 Å². The lowest BCUT2D eigenvalue weighted by Crippen LogP contribution is -2.03. The van der Waals surface area contributed by atoms with Gasteiger partial charge in [0.2, 0.25) is 0 Å². The first kappa shape index (κ1) is 15.2. The second kappa shape index (κ2) is 8.27. The van der Waals surface area contributed by atoms with Gasteiger partial charge in [-0.25, -0.2) is 4.21 Å². The molecule has 1 aromatic rings. The fourth-order valence-electron chi connectivity index (χ4n) is 2.04. The fraction of sp³-hybridized carbons (Fsp3) is 0.571. The third-order valence-corrected chi connectivity index (χ3v) is 3.48. The Bertz CT molecular complexity index is 362. The zero-order valence-electron chi connectivity index (χ0n) is 11.1. The van der Waals surface area contributed by atoms with Gasteiger partial charge in [0.05, 0.1) is 0 Å². The zero-order valence-corrected chi connectivity index (χ0v) is 11.9. The van der Waals surface area contributed by atoms with Crippen molar-refractivity contribution in [1.29, 1.82) is 0 Å². The predicted octanol–water partition coefficient (Wildman–Crippen LogP) is 3.62. The van der Waals surface area contributed by atoms with Crippen molar-refractivity contribution in [3.05, 3.63) is 29.8 Å². The average Bonchev–Trinajstić information content (AvgIpc) is 2.36. The molecule has 4 heteroatoms.